The molecular weight excluding hydrogens is 480 g/mol. The van der Waals surface area contributed by atoms with Gasteiger partial charge in [0.25, 0.3) is 5.91 Å². The van der Waals surface area contributed by atoms with Gasteiger partial charge in [0.05, 0.1) is 0 Å². The average Bonchev–Trinajstić information content (AvgIpc) is 2.88. The molecule has 0 unspecified atom stereocenters. The highest BCUT2D eigenvalue weighted by Crippen LogP contribution is 2.28. The molecule has 33 heavy (non-hydrogen) atoms. The van der Waals surface area contributed by atoms with Gasteiger partial charge in [-0.15, -0.1) is 0 Å². The van der Waals surface area contributed by atoms with Gasteiger partial charge in [-0.25, -0.2) is 4.79 Å². The minimum atomic E-state index is -5.08. The molecular formula is C23H23Cl2F3N2O3. The molecule has 4 rings (SSSR count). The Morgan fingerprint density at radius 2 is 1.55 bits per heavy atom. The number of nitrogens with zero attached hydrogens (tertiary/aromatic N) is 1. The monoisotopic (exact) mass is 502 g/mol. The van der Waals surface area contributed by atoms with Crippen LogP contribution in [0.25, 0.3) is 0 Å². The molecule has 1 aliphatic carbocycles. The van der Waals surface area contributed by atoms with Gasteiger partial charge in [-0.1, -0.05) is 35.7 Å². The van der Waals surface area contributed by atoms with E-state index in [1.807, 2.05) is 6.07 Å². The number of hydrogen-bond acceptors (Lipinski definition) is 3. The second-order valence-electron chi connectivity index (χ2n) is 8.02. The first-order valence-corrected chi connectivity index (χ1v) is 11.2. The van der Waals surface area contributed by atoms with Crippen LogP contribution in [0.1, 0.15) is 40.7 Å². The van der Waals surface area contributed by atoms with Gasteiger partial charge in [-0.2, -0.15) is 13.2 Å². The fraction of sp³-hybridized carbons (Fsp3) is 0.391. The summed E-state index contributed by atoms with van der Waals surface area (Å²) in [4.78, 5) is 24.0. The Kier molecular flexibility index (Phi) is 8.26. The van der Waals surface area contributed by atoms with E-state index in [0.717, 1.165) is 37.7 Å². The van der Waals surface area contributed by atoms with Crippen molar-refractivity contribution in [1.29, 1.82) is 0 Å². The van der Waals surface area contributed by atoms with Gasteiger partial charge in [-0.3, -0.25) is 9.69 Å². The minimum absolute atomic E-state index is 0.195. The van der Waals surface area contributed by atoms with Crippen LogP contribution in [-0.4, -0.2) is 47.2 Å². The van der Waals surface area contributed by atoms with Crippen molar-refractivity contribution in [2.24, 2.45) is 0 Å². The molecule has 1 fully saturated rings. The van der Waals surface area contributed by atoms with Gasteiger partial charge < -0.3 is 10.4 Å². The molecule has 1 saturated carbocycles. The van der Waals surface area contributed by atoms with Crippen LogP contribution in [0.4, 0.5) is 18.9 Å². The van der Waals surface area contributed by atoms with Gasteiger partial charge in [0.15, 0.2) is 0 Å². The molecule has 0 atom stereocenters. The lowest BCUT2D eigenvalue weighted by molar-refractivity contribution is -0.192. The molecule has 1 aliphatic heterocycles. The van der Waals surface area contributed by atoms with E-state index < -0.39 is 12.1 Å². The molecule has 0 saturated heterocycles. The summed E-state index contributed by atoms with van der Waals surface area (Å²) in [5.41, 5.74) is 4.03. The largest absolute Gasteiger partial charge is 0.490 e. The number of hydrogen-bond donors (Lipinski definition) is 2. The molecule has 178 valence electrons. The summed E-state index contributed by atoms with van der Waals surface area (Å²) < 4.78 is 31.7. The first-order chi connectivity index (χ1) is 15.5. The van der Waals surface area contributed by atoms with Crippen LogP contribution in [0.5, 0.6) is 0 Å². The maximum absolute atomic E-state index is 12.5. The summed E-state index contributed by atoms with van der Waals surface area (Å²) in [6, 6.07) is 11.9. The van der Waals surface area contributed by atoms with Crippen LogP contribution in [0.15, 0.2) is 36.4 Å². The summed E-state index contributed by atoms with van der Waals surface area (Å²) in [6.45, 7) is 2.25. The molecule has 0 spiro atoms. The van der Waals surface area contributed by atoms with Crippen LogP contribution < -0.4 is 5.32 Å². The number of nitrogens with one attached hydrogen (secondary N) is 1. The zero-order valence-corrected chi connectivity index (χ0v) is 19.1. The number of rotatable bonds is 3. The van der Waals surface area contributed by atoms with Crippen molar-refractivity contribution in [2.75, 3.05) is 18.4 Å². The second-order valence-corrected chi connectivity index (χ2v) is 8.89. The number of aliphatic carboxylic acids is 1. The maximum Gasteiger partial charge on any atom is 0.490 e. The van der Waals surface area contributed by atoms with Gasteiger partial charge in [0.1, 0.15) is 0 Å². The van der Waals surface area contributed by atoms with E-state index in [4.69, 9.17) is 33.1 Å². The number of carboxylic acid groups (broad SMARTS) is 1. The Morgan fingerprint density at radius 3 is 2.06 bits per heavy atom. The lowest BCUT2D eigenvalue weighted by Gasteiger charge is -2.36. The van der Waals surface area contributed by atoms with Gasteiger partial charge >= 0.3 is 12.1 Å². The highest BCUT2D eigenvalue weighted by Gasteiger charge is 2.38. The third kappa shape index (κ3) is 7.09. The Balaban J connectivity index is 0.000000383. The van der Waals surface area contributed by atoms with E-state index in [0.29, 0.717) is 15.6 Å². The van der Waals surface area contributed by atoms with Crippen LogP contribution in [-0.2, 0) is 17.6 Å². The quantitative estimate of drug-likeness (QED) is 0.553. The lowest BCUT2D eigenvalue weighted by Crippen LogP contribution is -2.41. The summed E-state index contributed by atoms with van der Waals surface area (Å²) in [5, 5.41) is 11.0. The molecule has 2 aliphatic rings. The number of amides is 1. The third-order valence-electron chi connectivity index (χ3n) is 5.76. The van der Waals surface area contributed by atoms with Crippen LogP contribution >= 0.6 is 23.2 Å². The number of anilines is 1. The smallest absolute Gasteiger partial charge is 0.475 e. The van der Waals surface area contributed by atoms with Crippen molar-refractivity contribution < 1.29 is 27.9 Å². The van der Waals surface area contributed by atoms with E-state index in [1.165, 1.54) is 30.4 Å². The fourth-order valence-electron chi connectivity index (χ4n) is 3.83. The van der Waals surface area contributed by atoms with Gasteiger partial charge in [0, 0.05) is 40.4 Å². The molecule has 2 N–H and O–H groups in total. The first kappa shape index (κ1) is 25.3. The molecule has 0 bridgehead atoms. The first-order valence-electron chi connectivity index (χ1n) is 10.5. The summed E-state index contributed by atoms with van der Waals surface area (Å²) >= 11 is 12.0. The lowest BCUT2D eigenvalue weighted by atomic mass is 9.91. The van der Waals surface area contributed by atoms with Crippen molar-refractivity contribution in [3.05, 3.63) is 63.1 Å². The summed E-state index contributed by atoms with van der Waals surface area (Å²) in [7, 11) is 0. The van der Waals surface area contributed by atoms with Gasteiger partial charge in [-0.05, 0) is 67.1 Å². The number of fused-ring (bicyclic) bond motifs is 1. The summed E-state index contributed by atoms with van der Waals surface area (Å²) in [5.74, 6) is -2.95. The fourth-order valence-corrected chi connectivity index (χ4v) is 4.35. The standard InChI is InChI=1S/C21H22Cl2N2O.C2HF3O2/c22-17-10-16(11-18(23)13-17)21(26)24-19-5-4-14-6-8-25(20-2-1-3-20)9-7-15(14)12-19;3-2(4,5)1(6)7/h4-5,10-13,20H,1-3,6-9H2,(H,24,26);(H,6,7). The second kappa shape index (κ2) is 10.8. The molecule has 2 aromatic rings. The molecule has 1 heterocycles. The van der Waals surface area contributed by atoms with E-state index in [1.54, 1.807) is 18.2 Å². The number of carbonyl (C=O) groups is 2. The van der Waals surface area contributed by atoms with Gasteiger partial charge in [0.2, 0.25) is 0 Å². The number of carbonyl (C=O) groups excluding carboxylic acids is 1. The van der Waals surface area contributed by atoms with Crippen molar-refractivity contribution in [1.82, 2.24) is 4.90 Å². The van der Waals surface area contributed by atoms with Crippen molar-refractivity contribution in [3.63, 3.8) is 0 Å². The average molecular weight is 503 g/mol. The SMILES string of the molecule is O=C(Nc1ccc2c(c1)CCN(C1CCC1)CC2)c1cc(Cl)cc(Cl)c1.O=C(O)C(F)(F)F. The van der Waals surface area contributed by atoms with E-state index in [9.17, 15) is 18.0 Å². The van der Waals surface area contributed by atoms with E-state index in [-0.39, 0.29) is 5.91 Å². The Labute approximate surface area is 199 Å². The molecule has 5 nitrogen and oxygen atoms in total. The Hall–Kier alpha value is -2.29. The van der Waals surface area contributed by atoms with Crippen LogP contribution in [0, 0.1) is 0 Å². The minimum Gasteiger partial charge on any atom is -0.475 e. The zero-order chi connectivity index (χ0) is 24.2. The number of alkyl halides is 3. The van der Waals surface area contributed by atoms with E-state index >= 15 is 0 Å². The number of halogens is 5. The zero-order valence-electron chi connectivity index (χ0n) is 17.6. The Bertz CT molecular complexity index is 1010. The maximum atomic E-state index is 12.5. The molecule has 10 heteroatoms. The highest BCUT2D eigenvalue weighted by molar-refractivity contribution is 6.35. The predicted molar refractivity (Wildman–Crippen MR) is 121 cm³/mol. The van der Waals surface area contributed by atoms with Crippen molar-refractivity contribution >= 4 is 40.8 Å². The number of carboxylic acids is 1. The van der Waals surface area contributed by atoms with Crippen LogP contribution in [0.3, 0.4) is 0 Å². The normalized spacial score (nSPS) is 16.5. The molecule has 2 aromatic carbocycles. The Morgan fingerprint density at radius 1 is 0.970 bits per heavy atom. The van der Waals surface area contributed by atoms with E-state index in [2.05, 4.69) is 22.3 Å². The predicted octanol–water partition coefficient (Wildman–Crippen LogP) is 5.83. The summed E-state index contributed by atoms with van der Waals surface area (Å²) in [6.07, 6.45) is 1.11. The topological polar surface area (TPSA) is 69.6 Å². The van der Waals surface area contributed by atoms with Crippen LogP contribution in [0.2, 0.25) is 10.0 Å². The molecule has 0 radical (unpaired) electrons. The highest BCUT2D eigenvalue weighted by atomic mass is 35.5. The van der Waals surface area contributed by atoms with Crippen molar-refractivity contribution in [3.8, 4) is 0 Å². The molecule has 1 amide bonds. The molecule has 0 aromatic heterocycles. The van der Waals surface area contributed by atoms with Crippen molar-refractivity contribution in [2.45, 2.75) is 44.3 Å². The number of benzene rings is 2. The third-order valence-corrected chi connectivity index (χ3v) is 6.20.